The molecule has 0 amide bonds. The second-order valence-electron chi connectivity index (χ2n) is 22.1. The number of hydrogen-bond donors (Lipinski definition) is 0. The monoisotopic (exact) mass is 1140 g/mol. The van der Waals surface area contributed by atoms with Crippen LogP contribution >= 0.6 is 0 Å². The molecule has 368 valence electrons. The van der Waals surface area contributed by atoms with E-state index >= 15 is 0 Å². The molecule has 1 aliphatic heterocycles. The Hall–Kier alpha value is -7.20. The van der Waals surface area contributed by atoms with Crippen LogP contribution in [-0.2, 0) is 37.3 Å². The minimum Gasteiger partial charge on any atom is -0.509 e. The number of hydrogen-bond acceptors (Lipinski definition) is 4. The second kappa shape index (κ2) is 19.0. The Morgan fingerprint density at radius 1 is 0.507 bits per heavy atom. The maximum atomic E-state index is 9.00. The number of para-hydroxylation sites is 4. The van der Waals surface area contributed by atoms with Crippen LogP contribution in [0.25, 0.3) is 61.0 Å². The molecule has 0 bridgehead atoms. The van der Waals surface area contributed by atoms with Crippen molar-refractivity contribution in [3.63, 3.8) is 0 Å². The Morgan fingerprint density at radius 2 is 1.16 bits per heavy atom. The van der Waals surface area contributed by atoms with Crippen molar-refractivity contribution in [2.24, 2.45) is 0 Å². The van der Waals surface area contributed by atoms with Gasteiger partial charge in [0.1, 0.15) is 5.82 Å². The van der Waals surface area contributed by atoms with Crippen LogP contribution in [-0.4, -0.2) is 9.55 Å². The fourth-order valence-corrected chi connectivity index (χ4v) is 9.91. The standard InChI is InChI=1S/C67H61N4O.Pt/c1-44-36-46(45-20-12-11-13-21-45)30-32-54(44)58-26-19-25-55(47-37-49(66(5,6)7)39-50(38-47)67(8,9)10)64(58)70-43-69(60-28-16-17-29-61(60)70)51-22-18-23-52(41-51)72-53-31-33-57-56-24-14-15-27-59(56)71(62(57)42-53)63-40-48(34-35-68-63)65(2,3)4;/h11-40,43H,1-10H3;/q-3;/i1D3;. The Balaban J connectivity index is 0.00000657. The van der Waals surface area contributed by atoms with Gasteiger partial charge in [-0.25, -0.2) is 4.98 Å². The molecule has 0 spiro atoms. The van der Waals surface area contributed by atoms with Gasteiger partial charge in [0, 0.05) is 76.6 Å². The molecular formula is C67H61N4OPt-3. The second-order valence-corrected chi connectivity index (χ2v) is 22.1. The summed E-state index contributed by atoms with van der Waals surface area (Å²) in [5.74, 6) is 1.90. The number of fused-ring (bicyclic) bond motifs is 4. The summed E-state index contributed by atoms with van der Waals surface area (Å²) in [6.45, 7) is 19.9. The molecule has 10 aromatic rings. The number of aryl methyl sites for hydroxylation is 1. The molecule has 0 fully saturated rings. The topological polar surface area (TPSA) is 33.5 Å². The van der Waals surface area contributed by atoms with Gasteiger partial charge >= 0.3 is 0 Å². The van der Waals surface area contributed by atoms with Crippen LogP contribution in [0, 0.1) is 25.7 Å². The molecule has 0 N–H and O–H groups in total. The van der Waals surface area contributed by atoms with Crippen molar-refractivity contribution in [2.75, 3.05) is 9.80 Å². The summed E-state index contributed by atoms with van der Waals surface area (Å²) >= 11 is 0. The molecule has 0 aliphatic carbocycles. The van der Waals surface area contributed by atoms with E-state index in [1.807, 2.05) is 85.1 Å². The van der Waals surface area contributed by atoms with Crippen LogP contribution in [0.1, 0.15) is 88.7 Å². The molecule has 0 atom stereocenters. The van der Waals surface area contributed by atoms with Gasteiger partial charge < -0.3 is 19.1 Å². The van der Waals surface area contributed by atoms with E-state index in [0.29, 0.717) is 17.1 Å². The Labute approximate surface area is 450 Å². The molecule has 8 aromatic carbocycles. The third-order valence-corrected chi connectivity index (χ3v) is 13.9. The number of pyridine rings is 1. The number of rotatable bonds is 8. The van der Waals surface area contributed by atoms with Crippen molar-refractivity contribution in [2.45, 2.75) is 85.4 Å². The predicted octanol–water partition coefficient (Wildman–Crippen LogP) is 18.2. The summed E-state index contributed by atoms with van der Waals surface area (Å²) in [5.41, 5.74) is 14.3. The largest absolute Gasteiger partial charge is 0.509 e. The van der Waals surface area contributed by atoms with E-state index in [9.17, 15) is 0 Å². The Kier molecular flexibility index (Phi) is 11.9. The van der Waals surface area contributed by atoms with Crippen molar-refractivity contribution >= 4 is 44.6 Å². The minimum atomic E-state index is -2.42. The zero-order valence-corrected chi connectivity index (χ0v) is 45.2. The van der Waals surface area contributed by atoms with Crippen molar-refractivity contribution in [3.05, 3.63) is 223 Å². The average molecular weight is 1140 g/mol. The molecule has 5 nitrogen and oxygen atoms in total. The third kappa shape index (κ3) is 9.41. The van der Waals surface area contributed by atoms with E-state index in [0.717, 1.165) is 78.2 Å². The van der Waals surface area contributed by atoms with Gasteiger partial charge in [0.25, 0.3) is 0 Å². The van der Waals surface area contributed by atoms with E-state index in [1.165, 1.54) is 16.7 Å². The number of nitrogens with zero attached hydrogens (tertiary/aromatic N) is 4. The van der Waals surface area contributed by atoms with Crippen LogP contribution < -0.4 is 14.5 Å². The maximum Gasteiger partial charge on any atom is 0.135 e. The van der Waals surface area contributed by atoms with Crippen molar-refractivity contribution in [3.8, 4) is 50.7 Å². The molecule has 6 heteroatoms. The summed E-state index contributed by atoms with van der Waals surface area (Å²) < 4.78 is 35.9. The molecule has 2 aromatic heterocycles. The zero-order valence-electron chi connectivity index (χ0n) is 45.9. The predicted molar refractivity (Wildman–Crippen MR) is 301 cm³/mol. The minimum absolute atomic E-state index is 0. The van der Waals surface area contributed by atoms with Gasteiger partial charge in [0.05, 0.1) is 0 Å². The van der Waals surface area contributed by atoms with Crippen LogP contribution in [0.4, 0.5) is 22.7 Å². The summed E-state index contributed by atoms with van der Waals surface area (Å²) in [7, 11) is 0. The van der Waals surface area contributed by atoms with E-state index in [-0.39, 0.29) is 42.9 Å². The van der Waals surface area contributed by atoms with Crippen molar-refractivity contribution < 1.29 is 29.9 Å². The number of anilines is 4. The molecule has 0 saturated carbocycles. The smallest absolute Gasteiger partial charge is 0.135 e. The first-order valence-corrected chi connectivity index (χ1v) is 24.9. The normalized spacial score (nSPS) is 13.6. The number of benzene rings is 8. The molecule has 3 heterocycles. The van der Waals surface area contributed by atoms with Crippen LogP contribution in [0.5, 0.6) is 11.5 Å². The van der Waals surface area contributed by atoms with Crippen LogP contribution in [0.15, 0.2) is 182 Å². The summed E-state index contributed by atoms with van der Waals surface area (Å²) in [6.07, 6.45) is 1.89. The average Bonchev–Trinajstić information content (AvgIpc) is 3.97. The van der Waals surface area contributed by atoms with Crippen LogP contribution in [0.2, 0.25) is 0 Å². The van der Waals surface area contributed by atoms with Gasteiger partial charge in [-0.05, 0) is 103 Å². The Morgan fingerprint density at radius 3 is 1.89 bits per heavy atom. The fourth-order valence-electron chi connectivity index (χ4n) is 9.91. The summed E-state index contributed by atoms with van der Waals surface area (Å²) in [4.78, 5) is 9.23. The SMILES string of the molecule is [2H]C([2H])([2H])c1cc(-c2ccccc2)ccc1-c1cccc(-c2cc(C(C)(C)C)cc(C(C)(C)C)c2)c1N1[CH-]N(c2[c-]c(Oc3[c-]c4c(cc3)c3ccccc3n4-c3cc(C(C)(C)C)ccn3)ccc2)c2ccccc21.[Pt]. The molecule has 1 aliphatic rings. The zero-order chi connectivity index (χ0) is 52.6. The summed E-state index contributed by atoms with van der Waals surface area (Å²) in [5, 5.41) is 2.17. The summed E-state index contributed by atoms with van der Waals surface area (Å²) in [6, 6.07) is 67.3. The molecule has 73 heavy (non-hydrogen) atoms. The first kappa shape index (κ1) is 45.6. The maximum absolute atomic E-state index is 9.00. The van der Waals surface area contributed by atoms with Crippen molar-refractivity contribution in [1.29, 1.82) is 0 Å². The first-order valence-electron chi connectivity index (χ1n) is 26.4. The van der Waals surface area contributed by atoms with E-state index < -0.39 is 6.85 Å². The van der Waals surface area contributed by atoms with E-state index in [2.05, 4.69) is 193 Å². The number of aromatic nitrogens is 2. The van der Waals surface area contributed by atoms with Gasteiger partial charge in [-0.1, -0.05) is 183 Å². The molecule has 11 rings (SSSR count). The van der Waals surface area contributed by atoms with E-state index in [4.69, 9.17) is 13.8 Å². The quantitative estimate of drug-likeness (QED) is 0.142. The van der Waals surface area contributed by atoms with Gasteiger partial charge in [0.15, 0.2) is 0 Å². The van der Waals surface area contributed by atoms with Gasteiger partial charge in [-0.3, -0.25) is 0 Å². The van der Waals surface area contributed by atoms with E-state index in [1.54, 1.807) is 0 Å². The van der Waals surface area contributed by atoms with Crippen LogP contribution in [0.3, 0.4) is 0 Å². The molecular weight excluding hydrogens is 1070 g/mol. The molecule has 0 saturated heterocycles. The number of ether oxygens (including phenoxy) is 1. The van der Waals surface area contributed by atoms with Gasteiger partial charge in [-0.15, -0.1) is 48.1 Å². The first-order chi connectivity index (χ1) is 35.7. The fraction of sp³-hybridized carbons (Fsp3) is 0.194. The molecule has 0 radical (unpaired) electrons. The Bertz CT molecular complexity index is 3770. The van der Waals surface area contributed by atoms with Gasteiger partial charge in [0.2, 0.25) is 0 Å². The van der Waals surface area contributed by atoms with Crippen molar-refractivity contribution in [1.82, 2.24) is 9.55 Å². The third-order valence-electron chi connectivity index (χ3n) is 13.9. The van der Waals surface area contributed by atoms with Gasteiger partial charge in [-0.2, -0.15) is 12.1 Å². The molecule has 0 unspecified atom stereocenters.